The van der Waals surface area contributed by atoms with Gasteiger partial charge in [0, 0.05) is 11.3 Å². The highest BCUT2D eigenvalue weighted by Gasteiger charge is 2.56. The molecule has 5 nitrogen and oxygen atoms in total. The molecule has 0 saturated heterocycles. The number of ketones is 1. The summed E-state index contributed by atoms with van der Waals surface area (Å²) >= 11 is 0. The molecule has 2 aromatic rings. The molecule has 8 heteroatoms. The van der Waals surface area contributed by atoms with Crippen LogP contribution in [0.1, 0.15) is 30.1 Å². The monoisotopic (exact) mass is 376 g/mol. The lowest BCUT2D eigenvalue weighted by Gasteiger charge is -2.16. The normalized spacial score (nSPS) is 14.4. The van der Waals surface area contributed by atoms with Gasteiger partial charge in [-0.1, -0.05) is 0 Å². The van der Waals surface area contributed by atoms with Crippen molar-refractivity contribution in [2.45, 2.75) is 19.8 Å². The first-order valence-corrected chi connectivity index (χ1v) is 8.12. The molecule has 27 heavy (non-hydrogen) atoms. The zero-order valence-corrected chi connectivity index (χ0v) is 14.2. The number of hydrogen-bond donors (Lipinski definition) is 2. The van der Waals surface area contributed by atoms with Crippen molar-refractivity contribution in [1.82, 2.24) is 0 Å². The van der Waals surface area contributed by atoms with Crippen molar-refractivity contribution in [3.63, 3.8) is 0 Å². The lowest BCUT2D eigenvalue weighted by Crippen LogP contribution is -2.36. The minimum Gasteiger partial charge on any atom is -0.325 e. The van der Waals surface area contributed by atoms with Gasteiger partial charge < -0.3 is 10.6 Å². The summed E-state index contributed by atoms with van der Waals surface area (Å²) in [5, 5.41) is 4.72. The standard InChI is InChI=1S/C19H15F3N2O3/c1-10(25)11-2-4-12(5-3-11)23-17(26)19(8-9-19)18(27)24-14-7-6-13(20)15(21)16(14)22/h2-7H,8-9H2,1H3,(H,23,26)(H,24,27). The Morgan fingerprint density at radius 3 is 2.00 bits per heavy atom. The van der Waals surface area contributed by atoms with Gasteiger partial charge in [0.2, 0.25) is 11.8 Å². The first-order valence-electron chi connectivity index (χ1n) is 8.12. The Balaban J connectivity index is 1.72. The van der Waals surface area contributed by atoms with Crippen LogP contribution in [-0.4, -0.2) is 17.6 Å². The van der Waals surface area contributed by atoms with E-state index in [1.165, 1.54) is 31.2 Å². The number of benzene rings is 2. The van der Waals surface area contributed by atoms with Crippen molar-refractivity contribution in [2.24, 2.45) is 5.41 Å². The van der Waals surface area contributed by atoms with Crippen molar-refractivity contribution < 1.29 is 27.6 Å². The fraction of sp³-hybridized carbons (Fsp3) is 0.211. The lowest BCUT2D eigenvalue weighted by atomic mass is 10.0. The van der Waals surface area contributed by atoms with Crippen molar-refractivity contribution in [1.29, 1.82) is 0 Å². The number of Topliss-reactive ketones (excluding diaryl/α,β-unsaturated/α-hetero) is 1. The van der Waals surface area contributed by atoms with Crippen molar-refractivity contribution in [3.05, 3.63) is 59.4 Å². The van der Waals surface area contributed by atoms with Gasteiger partial charge in [0.25, 0.3) is 0 Å². The van der Waals surface area contributed by atoms with Gasteiger partial charge in [-0.3, -0.25) is 14.4 Å². The van der Waals surface area contributed by atoms with Gasteiger partial charge in [0.15, 0.2) is 23.2 Å². The molecule has 1 fully saturated rings. The van der Waals surface area contributed by atoms with Crippen molar-refractivity contribution in [2.75, 3.05) is 10.6 Å². The van der Waals surface area contributed by atoms with E-state index in [1.54, 1.807) is 0 Å². The summed E-state index contributed by atoms with van der Waals surface area (Å²) < 4.78 is 40.0. The maximum atomic E-state index is 13.7. The summed E-state index contributed by atoms with van der Waals surface area (Å²) in [6, 6.07) is 7.70. The number of hydrogen-bond acceptors (Lipinski definition) is 3. The second kappa shape index (κ2) is 6.86. The Morgan fingerprint density at radius 2 is 1.44 bits per heavy atom. The van der Waals surface area contributed by atoms with Gasteiger partial charge in [0.1, 0.15) is 5.41 Å². The molecule has 2 N–H and O–H groups in total. The van der Waals surface area contributed by atoms with Crippen LogP contribution in [0.15, 0.2) is 36.4 Å². The molecule has 0 atom stereocenters. The Kier molecular flexibility index (Phi) is 4.73. The number of carbonyl (C=O) groups excluding carboxylic acids is 3. The van der Waals surface area contributed by atoms with E-state index >= 15 is 0 Å². The number of halogens is 3. The summed E-state index contributed by atoms with van der Waals surface area (Å²) in [6.07, 6.45) is 0.475. The fourth-order valence-electron chi connectivity index (χ4n) is 2.59. The number of amides is 2. The highest BCUT2D eigenvalue weighted by molar-refractivity contribution is 6.17. The third-order valence-electron chi connectivity index (χ3n) is 4.45. The third-order valence-corrected chi connectivity index (χ3v) is 4.45. The van der Waals surface area contributed by atoms with Gasteiger partial charge in [-0.2, -0.15) is 0 Å². The molecular weight excluding hydrogens is 361 g/mol. The van der Waals surface area contributed by atoms with Gasteiger partial charge in [-0.25, -0.2) is 13.2 Å². The maximum Gasteiger partial charge on any atom is 0.240 e. The van der Waals surface area contributed by atoms with Crippen molar-refractivity contribution in [3.8, 4) is 0 Å². The average molecular weight is 376 g/mol. The molecule has 1 saturated carbocycles. The van der Waals surface area contributed by atoms with Crippen LogP contribution in [-0.2, 0) is 9.59 Å². The van der Waals surface area contributed by atoms with E-state index in [9.17, 15) is 27.6 Å². The number of anilines is 2. The van der Waals surface area contributed by atoms with Gasteiger partial charge in [0.05, 0.1) is 5.69 Å². The minimum atomic E-state index is -1.70. The Labute approximate surface area is 152 Å². The molecule has 140 valence electrons. The highest BCUT2D eigenvalue weighted by Crippen LogP contribution is 2.47. The van der Waals surface area contributed by atoms with Crippen LogP contribution in [0.5, 0.6) is 0 Å². The molecule has 1 aliphatic carbocycles. The van der Waals surface area contributed by atoms with E-state index in [2.05, 4.69) is 10.6 Å². The summed E-state index contributed by atoms with van der Waals surface area (Å²) in [6.45, 7) is 1.41. The van der Waals surface area contributed by atoms with Crippen LogP contribution >= 0.6 is 0 Å². The molecule has 0 aromatic heterocycles. The van der Waals surface area contributed by atoms with Crippen LogP contribution in [0.2, 0.25) is 0 Å². The molecule has 0 spiro atoms. The van der Waals surface area contributed by atoms with Crippen LogP contribution in [0, 0.1) is 22.9 Å². The zero-order chi connectivity index (χ0) is 19.8. The molecule has 0 heterocycles. The van der Waals surface area contributed by atoms with E-state index < -0.39 is 40.4 Å². The lowest BCUT2D eigenvalue weighted by molar-refractivity contribution is -0.131. The Morgan fingerprint density at radius 1 is 0.852 bits per heavy atom. The first-order chi connectivity index (χ1) is 12.7. The zero-order valence-electron chi connectivity index (χ0n) is 14.2. The Bertz CT molecular complexity index is 938. The van der Waals surface area contributed by atoms with Crippen LogP contribution in [0.4, 0.5) is 24.5 Å². The van der Waals surface area contributed by atoms with E-state index in [4.69, 9.17) is 0 Å². The smallest absolute Gasteiger partial charge is 0.240 e. The van der Waals surface area contributed by atoms with Crippen LogP contribution in [0.3, 0.4) is 0 Å². The minimum absolute atomic E-state index is 0.125. The van der Waals surface area contributed by atoms with Gasteiger partial charge >= 0.3 is 0 Å². The number of rotatable bonds is 5. The molecule has 2 aromatic carbocycles. The predicted molar refractivity (Wildman–Crippen MR) is 91.7 cm³/mol. The third kappa shape index (κ3) is 3.55. The molecule has 0 aliphatic heterocycles. The molecule has 0 unspecified atom stereocenters. The maximum absolute atomic E-state index is 13.7. The van der Waals surface area contributed by atoms with E-state index in [-0.39, 0.29) is 18.6 Å². The van der Waals surface area contributed by atoms with Gasteiger partial charge in [-0.05, 0) is 56.2 Å². The molecular formula is C19H15F3N2O3. The van der Waals surface area contributed by atoms with Crippen LogP contribution in [0.25, 0.3) is 0 Å². The highest BCUT2D eigenvalue weighted by atomic mass is 19.2. The van der Waals surface area contributed by atoms with E-state index in [0.29, 0.717) is 17.3 Å². The molecule has 1 aliphatic rings. The second-order valence-electron chi connectivity index (χ2n) is 6.35. The summed E-state index contributed by atoms with van der Waals surface area (Å²) in [5.41, 5.74) is -1.08. The molecule has 3 rings (SSSR count). The van der Waals surface area contributed by atoms with E-state index in [0.717, 1.165) is 6.07 Å². The fourth-order valence-corrected chi connectivity index (χ4v) is 2.59. The Hall–Kier alpha value is -3.16. The summed E-state index contributed by atoms with van der Waals surface area (Å²) in [7, 11) is 0. The number of nitrogens with one attached hydrogen (secondary N) is 2. The van der Waals surface area contributed by atoms with E-state index in [1.807, 2.05) is 0 Å². The topological polar surface area (TPSA) is 75.3 Å². The SMILES string of the molecule is CC(=O)c1ccc(NC(=O)C2(C(=O)Nc3ccc(F)c(F)c3F)CC2)cc1. The van der Waals surface area contributed by atoms with Gasteiger partial charge in [-0.15, -0.1) is 0 Å². The summed E-state index contributed by atoms with van der Waals surface area (Å²) in [4.78, 5) is 36.2. The molecule has 0 bridgehead atoms. The van der Waals surface area contributed by atoms with Crippen molar-refractivity contribution >= 4 is 29.0 Å². The number of carbonyl (C=O) groups is 3. The first kappa shape index (κ1) is 18.6. The largest absolute Gasteiger partial charge is 0.325 e. The second-order valence-corrected chi connectivity index (χ2v) is 6.35. The summed E-state index contributed by atoms with van der Waals surface area (Å²) in [5.74, 6) is -6.13. The average Bonchev–Trinajstić information content (AvgIpc) is 3.44. The molecule has 2 amide bonds. The molecule has 0 radical (unpaired) electrons. The quantitative estimate of drug-likeness (QED) is 0.475. The van der Waals surface area contributed by atoms with Crippen LogP contribution < -0.4 is 10.6 Å². The predicted octanol–water partition coefficient (Wildman–Crippen LogP) is 3.66.